The second-order valence-corrected chi connectivity index (χ2v) is 16.4. The third-order valence-electron chi connectivity index (χ3n) is 10.5. The molecule has 1 atom stereocenters. The highest BCUT2D eigenvalue weighted by molar-refractivity contribution is 5.71. The van der Waals surface area contributed by atoms with Crippen molar-refractivity contribution in [1.82, 2.24) is 0 Å². The number of hydrogen-bond acceptors (Lipinski definition) is 6. The van der Waals surface area contributed by atoms with E-state index >= 15 is 0 Å². The first-order chi connectivity index (χ1) is 29.0. The highest BCUT2D eigenvalue weighted by Gasteiger charge is 2.19. The molecule has 0 aliphatic heterocycles. The minimum atomic E-state index is -0.796. The molecule has 0 aromatic carbocycles. The van der Waals surface area contributed by atoms with Gasteiger partial charge in [0.2, 0.25) is 0 Å². The van der Waals surface area contributed by atoms with E-state index in [-0.39, 0.29) is 37.5 Å². The van der Waals surface area contributed by atoms with Crippen molar-refractivity contribution in [2.24, 2.45) is 0 Å². The van der Waals surface area contributed by atoms with E-state index < -0.39 is 6.10 Å². The van der Waals surface area contributed by atoms with E-state index in [1.165, 1.54) is 103 Å². The lowest BCUT2D eigenvalue weighted by atomic mass is 10.1. The van der Waals surface area contributed by atoms with Gasteiger partial charge in [0, 0.05) is 19.3 Å². The number of carbonyl (C=O) groups is 3. The predicted molar refractivity (Wildman–Crippen MR) is 251 cm³/mol. The van der Waals surface area contributed by atoms with Crippen molar-refractivity contribution in [2.75, 3.05) is 13.2 Å². The van der Waals surface area contributed by atoms with E-state index in [0.717, 1.165) is 89.9 Å². The van der Waals surface area contributed by atoms with Crippen molar-refractivity contribution in [3.8, 4) is 0 Å². The lowest BCUT2D eigenvalue weighted by molar-refractivity contribution is -0.167. The largest absolute Gasteiger partial charge is 0.462 e. The molecule has 0 saturated heterocycles. The Morgan fingerprint density at radius 2 is 0.610 bits per heavy atom. The molecule has 0 rings (SSSR count). The Balaban J connectivity index is 4.46. The van der Waals surface area contributed by atoms with Gasteiger partial charge in [-0.3, -0.25) is 14.4 Å². The molecular formula is C53H92O6. The molecule has 0 aliphatic rings. The quantitative estimate of drug-likeness (QED) is 0.0263. The van der Waals surface area contributed by atoms with Gasteiger partial charge in [0.15, 0.2) is 6.10 Å². The smallest absolute Gasteiger partial charge is 0.306 e. The zero-order valence-corrected chi connectivity index (χ0v) is 38.8. The molecule has 0 radical (unpaired) electrons. The lowest BCUT2D eigenvalue weighted by Gasteiger charge is -2.18. The van der Waals surface area contributed by atoms with E-state index in [4.69, 9.17) is 14.2 Å². The second kappa shape index (κ2) is 47.8. The summed E-state index contributed by atoms with van der Waals surface area (Å²) in [5.41, 5.74) is 0. The maximum Gasteiger partial charge on any atom is 0.306 e. The first-order valence-electron chi connectivity index (χ1n) is 24.8. The normalized spacial score (nSPS) is 12.5. The van der Waals surface area contributed by atoms with Gasteiger partial charge < -0.3 is 14.2 Å². The van der Waals surface area contributed by atoms with E-state index in [1.807, 2.05) is 0 Å². The van der Waals surface area contributed by atoms with Gasteiger partial charge in [-0.15, -0.1) is 0 Å². The van der Waals surface area contributed by atoms with Crippen LogP contribution in [0.25, 0.3) is 0 Å². The molecule has 0 N–H and O–H groups in total. The monoisotopic (exact) mass is 825 g/mol. The van der Waals surface area contributed by atoms with Crippen molar-refractivity contribution < 1.29 is 28.6 Å². The van der Waals surface area contributed by atoms with E-state index in [0.29, 0.717) is 19.3 Å². The Kier molecular flexibility index (Phi) is 45.4. The molecule has 0 aromatic heterocycles. The van der Waals surface area contributed by atoms with Crippen molar-refractivity contribution in [3.05, 3.63) is 60.8 Å². The number of hydrogen-bond donors (Lipinski definition) is 0. The standard InChI is InChI=1S/C53H92O6/c1-4-7-10-13-16-19-22-24-26-28-31-34-37-40-43-46-52(55)58-49-50(48-57-51(54)45-42-39-36-33-30-21-18-15-12-9-6-3)59-53(56)47-44-41-38-35-32-29-27-25-23-20-17-14-11-8-5-2/h16-17,19-20,24-27,32,35,50H,4-15,18,21-23,28-31,33-34,36-49H2,1-3H3/b19-16-,20-17-,26-24-,27-25-,35-32-/t50-/m0/s1. The molecule has 6 heteroatoms. The van der Waals surface area contributed by atoms with Crippen LogP contribution in [0.5, 0.6) is 0 Å². The topological polar surface area (TPSA) is 78.9 Å². The van der Waals surface area contributed by atoms with Crippen LogP contribution in [-0.4, -0.2) is 37.2 Å². The zero-order chi connectivity index (χ0) is 43.0. The molecule has 0 saturated carbocycles. The summed E-state index contributed by atoms with van der Waals surface area (Å²) >= 11 is 0. The molecular weight excluding hydrogens is 733 g/mol. The minimum Gasteiger partial charge on any atom is -0.462 e. The maximum atomic E-state index is 12.7. The molecule has 340 valence electrons. The Morgan fingerprint density at radius 3 is 1.02 bits per heavy atom. The van der Waals surface area contributed by atoms with Crippen molar-refractivity contribution in [2.45, 2.75) is 245 Å². The van der Waals surface area contributed by atoms with Crippen LogP contribution in [0, 0.1) is 0 Å². The fourth-order valence-electron chi connectivity index (χ4n) is 6.71. The molecule has 59 heavy (non-hydrogen) atoms. The number of allylic oxidation sites excluding steroid dienone is 10. The van der Waals surface area contributed by atoms with Gasteiger partial charge in [-0.1, -0.05) is 191 Å². The third-order valence-corrected chi connectivity index (χ3v) is 10.5. The molecule has 0 aromatic rings. The second-order valence-electron chi connectivity index (χ2n) is 16.4. The van der Waals surface area contributed by atoms with E-state index in [1.54, 1.807) is 0 Å². The molecule has 0 spiro atoms. The van der Waals surface area contributed by atoms with Gasteiger partial charge in [-0.05, 0) is 89.9 Å². The number of esters is 3. The average molecular weight is 825 g/mol. The predicted octanol–water partition coefficient (Wildman–Crippen LogP) is 16.1. The van der Waals surface area contributed by atoms with Crippen LogP contribution in [0.2, 0.25) is 0 Å². The van der Waals surface area contributed by atoms with Crippen LogP contribution in [0.15, 0.2) is 60.8 Å². The fraction of sp³-hybridized carbons (Fsp3) is 0.755. The Hall–Kier alpha value is -2.89. The van der Waals surface area contributed by atoms with E-state index in [2.05, 4.69) is 81.5 Å². The number of rotatable bonds is 44. The summed E-state index contributed by atoms with van der Waals surface area (Å²) in [7, 11) is 0. The van der Waals surface area contributed by atoms with Gasteiger partial charge in [-0.25, -0.2) is 0 Å². The molecule has 6 nitrogen and oxygen atoms in total. The molecule has 0 unspecified atom stereocenters. The van der Waals surface area contributed by atoms with Gasteiger partial charge in [0.05, 0.1) is 0 Å². The van der Waals surface area contributed by atoms with Gasteiger partial charge in [0.25, 0.3) is 0 Å². The number of ether oxygens (including phenoxy) is 3. The summed E-state index contributed by atoms with van der Waals surface area (Å²) in [6, 6.07) is 0. The molecule has 0 heterocycles. The molecule has 0 fully saturated rings. The molecule has 0 amide bonds. The maximum absolute atomic E-state index is 12.7. The van der Waals surface area contributed by atoms with E-state index in [9.17, 15) is 14.4 Å². The first-order valence-corrected chi connectivity index (χ1v) is 24.8. The first kappa shape index (κ1) is 56.1. The van der Waals surface area contributed by atoms with Crippen LogP contribution < -0.4 is 0 Å². The lowest BCUT2D eigenvalue weighted by Crippen LogP contribution is -2.30. The van der Waals surface area contributed by atoms with Crippen molar-refractivity contribution in [3.63, 3.8) is 0 Å². The van der Waals surface area contributed by atoms with Crippen molar-refractivity contribution in [1.29, 1.82) is 0 Å². The summed E-state index contributed by atoms with van der Waals surface area (Å²) in [6.07, 6.45) is 57.7. The Morgan fingerprint density at radius 1 is 0.339 bits per heavy atom. The van der Waals surface area contributed by atoms with Crippen LogP contribution in [0.4, 0.5) is 0 Å². The minimum absolute atomic E-state index is 0.0928. The zero-order valence-electron chi connectivity index (χ0n) is 38.8. The van der Waals surface area contributed by atoms with Crippen LogP contribution >= 0.6 is 0 Å². The van der Waals surface area contributed by atoms with Crippen LogP contribution in [-0.2, 0) is 28.6 Å². The summed E-state index contributed by atoms with van der Waals surface area (Å²) in [4.78, 5) is 37.8. The van der Waals surface area contributed by atoms with Gasteiger partial charge in [-0.2, -0.15) is 0 Å². The number of carbonyl (C=O) groups excluding carboxylic acids is 3. The summed E-state index contributed by atoms with van der Waals surface area (Å²) in [5.74, 6) is -0.945. The SMILES string of the molecule is CCCCC/C=C\C/C=C\C/C=C\CCCCC(=O)O[C@H](COC(=O)CCCCCCC/C=C\C/C=C\CCCCC)COC(=O)CCCCCCCCCCCCC. The summed E-state index contributed by atoms with van der Waals surface area (Å²) in [6.45, 7) is 6.53. The summed E-state index contributed by atoms with van der Waals surface area (Å²) < 4.78 is 16.7. The highest BCUT2D eigenvalue weighted by atomic mass is 16.6. The Bertz CT molecular complexity index is 1090. The van der Waals surface area contributed by atoms with Crippen molar-refractivity contribution >= 4 is 17.9 Å². The average Bonchev–Trinajstić information content (AvgIpc) is 3.23. The van der Waals surface area contributed by atoms with Gasteiger partial charge in [0.1, 0.15) is 13.2 Å². The molecule has 0 aliphatic carbocycles. The van der Waals surface area contributed by atoms with Crippen LogP contribution in [0.1, 0.15) is 239 Å². The summed E-state index contributed by atoms with van der Waals surface area (Å²) in [5, 5.41) is 0. The fourth-order valence-corrected chi connectivity index (χ4v) is 6.71. The third kappa shape index (κ3) is 46.0. The Labute approximate surface area is 364 Å². The van der Waals surface area contributed by atoms with Crippen LogP contribution in [0.3, 0.4) is 0 Å². The highest BCUT2D eigenvalue weighted by Crippen LogP contribution is 2.14. The molecule has 0 bridgehead atoms. The number of unbranched alkanes of at least 4 members (excludes halogenated alkanes) is 23. The van der Waals surface area contributed by atoms with Gasteiger partial charge >= 0.3 is 17.9 Å².